The van der Waals surface area contributed by atoms with E-state index < -0.39 is 5.97 Å². The van der Waals surface area contributed by atoms with E-state index in [2.05, 4.69) is 9.97 Å². The number of hydrogen-bond donors (Lipinski definition) is 1. The predicted octanol–water partition coefficient (Wildman–Crippen LogP) is 1.71. The van der Waals surface area contributed by atoms with Crippen LogP contribution in [0.4, 0.5) is 0 Å². The van der Waals surface area contributed by atoms with Crippen LogP contribution in [-0.2, 0) is 0 Å². The van der Waals surface area contributed by atoms with Gasteiger partial charge in [-0.2, -0.15) is 5.26 Å². The van der Waals surface area contributed by atoms with Crippen LogP contribution in [0.15, 0.2) is 36.8 Å². The number of benzene rings is 1. The van der Waals surface area contributed by atoms with Crippen molar-refractivity contribution < 1.29 is 9.90 Å². The molecule has 1 heterocycles. The van der Waals surface area contributed by atoms with Crippen LogP contribution in [0.5, 0.6) is 0 Å². The second-order valence-electron chi connectivity index (χ2n) is 3.28. The summed E-state index contributed by atoms with van der Waals surface area (Å²) in [6, 6.07) is 8.54. The lowest BCUT2D eigenvalue weighted by Gasteiger charge is -2.03. The molecule has 0 spiro atoms. The Hall–Kier alpha value is -2.74. The molecule has 2 rings (SSSR count). The maximum absolute atomic E-state index is 11.0. The molecule has 1 aromatic carbocycles. The van der Waals surface area contributed by atoms with Gasteiger partial charge < -0.3 is 5.11 Å². The monoisotopic (exact) mass is 225 g/mol. The van der Waals surface area contributed by atoms with Gasteiger partial charge in [0.15, 0.2) is 0 Å². The molecule has 5 nitrogen and oxygen atoms in total. The molecule has 0 aliphatic rings. The van der Waals surface area contributed by atoms with Crippen LogP contribution >= 0.6 is 0 Å². The van der Waals surface area contributed by atoms with Gasteiger partial charge in [0.05, 0.1) is 17.3 Å². The minimum absolute atomic E-state index is 0.0391. The van der Waals surface area contributed by atoms with Crippen molar-refractivity contribution in [2.75, 3.05) is 0 Å². The molecule has 0 radical (unpaired) electrons. The summed E-state index contributed by atoms with van der Waals surface area (Å²) in [5.41, 5.74) is 1.54. The summed E-state index contributed by atoms with van der Waals surface area (Å²) in [6.07, 6.45) is 2.54. The quantitative estimate of drug-likeness (QED) is 0.840. The molecule has 1 aromatic heterocycles. The molecule has 1 N–H and O–H groups in total. The SMILES string of the molecule is N#Cc1ccc(-c2ncncc2C(=O)O)cc1. The fourth-order valence-corrected chi connectivity index (χ4v) is 1.42. The lowest BCUT2D eigenvalue weighted by molar-refractivity contribution is 0.0697. The van der Waals surface area contributed by atoms with E-state index in [9.17, 15) is 4.79 Å². The number of aromatic carboxylic acids is 1. The molecule has 0 saturated heterocycles. The molecule has 0 aliphatic heterocycles. The van der Waals surface area contributed by atoms with Crippen molar-refractivity contribution in [3.05, 3.63) is 47.9 Å². The van der Waals surface area contributed by atoms with E-state index in [4.69, 9.17) is 10.4 Å². The Labute approximate surface area is 97.0 Å². The maximum Gasteiger partial charge on any atom is 0.339 e. The van der Waals surface area contributed by atoms with Crippen LogP contribution in [0.2, 0.25) is 0 Å². The van der Waals surface area contributed by atoms with Gasteiger partial charge in [-0.3, -0.25) is 0 Å². The van der Waals surface area contributed by atoms with E-state index in [1.165, 1.54) is 12.5 Å². The molecule has 82 valence electrons. The zero-order valence-electron chi connectivity index (χ0n) is 8.66. The molecule has 0 aliphatic carbocycles. The highest BCUT2D eigenvalue weighted by Gasteiger charge is 2.12. The van der Waals surface area contributed by atoms with Gasteiger partial charge in [-0.05, 0) is 12.1 Å². The number of nitrogens with zero attached hydrogens (tertiary/aromatic N) is 3. The van der Waals surface area contributed by atoms with Crippen LogP contribution in [0.3, 0.4) is 0 Å². The standard InChI is InChI=1S/C12H7N3O2/c13-5-8-1-3-9(4-2-8)11-10(12(16)17)6-14-7-15-11/h1-4,6-7H,(H,16,17). The number of carboxylic acid groups (broad SMARTS) is 1. The van der Waals surface area contributed by atoms with Crippen molar-refractivity contribution in [1.29, 1.82) is 5.26 Å². The van der Waals surface area contributed by atoms with Gasteiger partial charge in [0, 0.05) is 11.8 Å². The Balaban J connectivity index is 2.53. The maximum atomic E-state index is 11.0. The number of nitriles is 1. The fourth-order valence-electron chi connectivity index (χ4n) is 1.42. The summed E-state index contributed by atoms with van der Waals surface area (Å²) in [4.78, 5) is 18.6. The van der Waals surface area contributed by atoms with Gasteiger partial charge in [0.25, 0.3) is 0 Å². The molecule has 5 heteroatoms. The summed E-state index contributed by atoms with van der Waals surface area (Å²) >= 11 is 0. The topological polar surface area (TPSA) is 86.9 Å². The van der Waals surface area contributed by atoms with Gasteiger partial charge in [-0.15, -0.1) is 0 Å². The molecule has 0 bridgehead atoms. The van der Waals surface area contributed by atoms with E-state index in [1.54, 1.807) is 24.3 Å². The molecule has 0 unspecified atom stereocenters. The summed E-state index contributed by atoms with van der Waals surface area (Å²) in [7, 11) is 0. The lowest BCUT2D eigenvalue weighted by atomic mass is 10.1. The first-order valence-corrected chi connectivity index (χ1v) is 4.76. The zero-order chi connectivity index (χ0) is 12.3. The average molecular weight is 225 g/mol. The van der Waals surface area contributed by atoms with Crippen molar-refractivity contribution in [2.24, 2.45) is 0 Å². The van der Waals surface area contributed by atoms with Crippen LogP contribution in [0, 0.1) is 11.3 Å². The highest BCUT2D eigenvalue weighted by atomic mass is 16.4. The van der Waals surface area contributed by atoms with Crippen molar-refractivity contribution >= 4 is 5.97 Å². The largest absolute Gasteiger partial charge is 0.478 e. The summed E-state index contributed by atoms with van der Waals surface area (Å²) in [5.74, 6) is -1.08. The Morgan fingerprint density at radius 2 is 2.00 bits per heavy atom. The molecular formula is C12H7N3O2. The summed E-state index contributed by atoms with van der Waals surface area (Å²) < 4.78 is 0. The van der Waals surface area contributed by atoms with E-state index in [0.29, 0.717) is 16.8 Å². The Morgan fingerprint density at radius 3 is 2.59 bits per heavy atom. The highest BCUT2D eigenvalue weighted by Crippen LogP contribution is 2.20. The van der Waals surface area contributed by atoms with Gasteiger partial charge in [-0.1, -0.05) is 12.1 Å². The van der Waals surface area contributed by atoms with Gasteiger partial charge in [-0.25, -0.2) is 14.8 Å². The van der Waals surface area contributed by atoms with E-state index in [0.717, 1.165) is 0 Å². The van der Waals surface area contributed by atoms with Crippen LogP contribution < -0.4 is 0 Å². The Morgan fingerprint density at radius 1 is 1.29 bits per heavy atom. The molecule has 0 saturated carbocycles. The Kier molecular flexibility index (Phi) is 2.79. The first kappa shape index (κ1) is 10.8. The third kappa shape index (κ3) is 2.11. The molecule has 2 aromatic rings. The fraction of sp³-hybridized carbons (Fsp3) is 0. The average Bonchev–Trinajstić information content (AvgIpc) is 2.39. The highest BCUT2D eigenvalue weighted by molar-refractivity contribution is 5.94. The number of hydrogen-bond acceptors (Lipinski definition) is 4. The lowest BCUT2D eigenvalue weighted by Crippen LogP contribution is -2.02. The molecule has 17 heavy (non-hydrogen) atoms. The van der Waals surface area contributed by atoms with E-state index >= 15 is 0 Å². The van der Waals surface area contributed by atoms with Gasteiger partial charge in [0.1, 0.15) is 11.9 Å². The third-order valence-corrected chi connectivity index (χ3v) is 2.23. The van der Waals surface area contributed by atoms with Crippen molar-refractivity contribution in [3.63, 3.8) is 0 Å². The first-order chi connectivity index (χ1) is 8.22. The van der Waals surface area contributed by atoms with Crippen LogP contribution in [0.25, 0.3) is 11.3 Å². The predicted molar refractivity (Wildman–Crippen MR) is 59.1 cm³/mol. The first-order valence-electron chi connectivity index (χ1n) is 4.76. The molecule has 0 amide bonds. The normalized spacial score (nSPS) is 9.59. The van der Waals surface area contributed by atoms with E-state index in [-0.39, 0.29) is 5.56 Å². The van der Waals surface area contributed by atoms with E-state index in [1.807, 2.05) is 6.07 Å². The van der Waals surface area contributed by atoms with Gasteiger partial charge in [0.2, 0.25) is 0 Å². The minimum Gasteiger partial charge on any atom is -0.478 e. The van der Waals surface area contributed by atoms with Crippen molar-refractivity contribution in [2.45, 2.75) is 0 Å². The number of aromatic nitrogens is 2. The minimum atomic E-state index is -1.08. The second-order valence-corrected chi connectivity index (χ2v) is 3.28. The number of rotatable bonds is 2. The summed E-state index contributed by atoms with van der Waals surface area (Å²) in [5, 5.41) is 17.7. The Bertz CT molecular complexity index is 600. The second kappa shape index (κ2) is 4.41. The number of carboxylic acids is 1. The third-order valence-electron chi connectivity index (χ3n) is 2.23. The van der Waals surface area contributed by atoms with Crippen molar-refractivity contribution in [1.82, 2.24) is 9.97 Å². The molecular weight excluding hydrogens is 218 g/mol. The van der Waals surface area contributed by atoms with Crippen LogP contribution in [-0.4, -0.2) is 21.0 Å². The number of carbonyl (C=O) groups is 1. The summed E-state index contributed by atoms with van der Waals surface area (Å²) in [6.45, 7) is 0. The zero-order valence-corrected chi connectivity index (χ0v) is 8.66. The van der Waals surface area contributed by atoms with Crippen LogP contribution in [0.1, 0.15) is 15.9 Å². The smallest absolute Gasteiger partial charge is 0.339 e. The molecule has 0 atom stereocenters. The molecule has 0 fully saturated rings. The van der Waals surface area contributed by atoms with Crippen molar-refractivity contribution in [3.8, 4) is 17.3 Å². The van der Waals surface area contributed by atoms with Gasteiger partial charge >= 0.3 is 5.97 Å².